The first kappa shape index (κ1) is 27.4. The molecular weight excluding hydrogens is 509 g/mol. The van der Waals surface area contributed by atoms with Crippen LogP contribution in [-0.2, 0) is 27.4 Å². The molecule has 1 fully saturated rings. The molecule has 40 heavy (non-hydrogen) atoms. The van der Waals surface area contributed by atoms with Crippen LogP contribution in [0.25, 0.3) is 0 Å². The number of rotatable bonds is 9. The minimum absolute atomic E-state index is 0.0225. The lowest BCUT2D eigenvalue weighted by atomic mass is 9.72. The third-order valence-corrected chi connectivity index (χ3v) is 7.89. The van der Waals surface area contributed by atoms with Gasteiger partial charge < -0.3 is 19.8 Å². The van der Waals surface area contributed by atoms with E-state index in [1.54, 1.807) is 24.1 Å². The van der Waals surface area contributed by atoms with Gasteiger partial charge in [-0.05, 0) is 53.8 Å². The van der Waals surface area contributed by atoms with E-state index >= 15 is 0 Å². The van der Waals surface area contributed by atoms with Gasteiger partial charge in [-0.25, -0.2) is 4.39 Å². The summed E-state index contributed by atoms with van der Waals surface area (Å²) in [6.45, 7) is 1.33. The van der Waals surface area contributed by atoms with Crippen LogP contribution in [0.4, 0.5) is 4.39 Å². The molecule has 3 aromatic rings. The highest BCUT2D eigenvalue weighted by atomic mass is 19.1. The number of nitrogens with zero attached hydrogens (tertiary/aromatic N) is 2. The van der Waals surface area contributed by atoms with Gasteiger partial charge in [-0.2, -0.15) is 0 Å². The first-order chi connectivity index (χ1) is 19.4. The Hall–Kier alpha value is -4.20. The Morgan fingerprint density at radius 3 is 2.35 bits per heavy atom. The molecule has 5 rings (SSSR count). The number of ether oxygens (including phenoxy) is 1. The lowest BCUT2D eigenvalue weighted by Gasteiger charge is -2.41. The summed E-state index contributed by atoms with van der Waals surface area (Å²) in [7, 11) is 1.62. The maximum Gasteiger partial charge on any atom is 0.226 e. The van der Waals surface area contributed by atoms with Crippen LogP contribution < -0.4 is 10.1 Å². The van der Waals surface area contributed by atoms with Gasteiger partial charge in [-0.15, -0.1) is 0 Å². The van der Waals surface area contributed by atoms with Crippen molar-refractivity contribution in [1.82, 2.24) is 10.2 Å². The van der Waals surface area contributed by atoms with Crippen molar-refractivity contribution >= 4 is 17.5 Å². The number of oxime groups is 1. The average molecular weight is 544 g/mol. The van der Waals surface area contributed by atoms with Crippen LogP contribution in [0.3, 0.4) is 0 Å². The topological polar surface area (TPSA) is 80.2 Å². The second-order valence-electron chi connectivity index (χ2n) is 10.5. The summed E-state index contributed by atoms with van der Waals surface area (Å²) in [5.41, 5.74) is 2.95. The Kier molecular flexibility index (Phi) is 8.43. The highest BCUT2D eigenvalue weighted by Crippen LogP contribution is 2.39. The van der Waals surface area contributed by atoms with Gasteiger partial charge in [0.05, 0.1) is 24.7 Å². The molecule has 1 atom stereocenters. The predicted molar refractivity (Wildman–Crippen MR) is 150 cm³/mol. The number of methoxy groups -OCH3 is 1. The van der Waals surface area contributed by atoms with Crippen LogP contribution >= 0.6 is 0 Å². The predicted octanol–water partition coefficient (Wildman–Crippen LogP) is 4.89. The van der Waals surface area contributed by atoms with Crippen LogP contribution in [0.15, 0.2) is 84.0 Å². The highest BCUT2D eigenvalue weighted by molar-refractivity contribution is 6.01. The monoisotopic (exact) mass is 543 g/mol. The number of amides is 2. The number of carbonyl (C=O) groups is 2. The number of nitrogens with one attached hydrogen (secondary N) is 1. The highest BCUT2D eigenvalue weighted by Gasteiger charge is 2.45. The molecule has 3 aromatic carbocycles. The van der Waals surface area contributed by atoms with Gasteiger partial charge in [0.2, 0.25) is 11.8 Å². The van der Waals surface area contributed by atoms with Crippen molar-refractivity contribution in [3.63, 3.8) is 0 Å². The Bertz CT molecular complexity index is 1330. The molecule has 0 radical (unpaired) electrons. The normalized spacial score (nSPS) is 18.0. The largest absolute Gasteiger partial charge is 0.497 e. The average Bonchev–Trinajstić information content (AvgIpc) is 3.46. The standard InChI is InChI=1S/C32H34FN3O4/c1-39-27-13-9-24(10-14-27)22-34-31(38)32(21-28-20-29(35-40-28)25-5-3-2-4-6-25)15-17-36(18-16-32)30(37)19-23-7-11-26(33)12-8-23/h2-14,28H,15-22H2,1H3,(H,34,38). The smallest absolute Gasteiger partial charge is 0.226 e. The Morgan fingerprint density at radius 2 is 1.68 bits per heavy atom. The van der Waals surface area contributed by atoms with Gasteiger partial charge in [0.25, 0.3) is 0 Å². The summed E-state index contributed by atoms with van der Waals surface area (Å²) in [4.78, 5) is 34.4. The first-order valence-electron chi connectivity index (χ1n) is 13.7. The lowest BCUT2D eigenvalue weighted by Crippen LogP contribution is -2.51. The van der Waals surface area contributed by atoms with Crippen molar-refractivity contribution < 1.29 is 23.6 Å². The fourth-order valence-electron chi connectivity index (χ4n) is 5.48. The summed E-state index contributed by atoms with van der Waals surface area (Å²) in [6, 6.07) is 23.5. The molecule has 2 heterocycles. The molecule has 2 amide bonds. The van der Waals surface area contributed by atoms with Crippen LogP contribution in [0.2, 0.25) is 0 Å². The third kappa shape index (κ3) is 6.50. The number of likely N-dealkylation sites (tertiary alicyclic amines) is 1. The summed E-state index contributed by atoms with van der Waals surface area (Å²) in [6.07, 6.45) is 2.18. The number of carbonyl (C=O) groups excluding carboxylic acids is 2. The molecular formula is C32H34FN3O4. The second kappa shape index (κ2) is 12.3. The number of hydrogen-bond acceptors (Lipinski definition) is 5. The molecule has 2 aliphatic heterocycles. The summed E-state index contributed by atoms with van der Waals surface area (Å²) in [5, 5.41) is 7.47. The maximum atomic E-state index is 13.8. The summed E-state index contributed by atoms with van der Waals surface area (Å²) in [5.74, 6) is 0.376. The van der Waals surface area contributed by atoms with Crippen LogP contribution in [0.1, 0.15) is 42.4 Å². The summed E-state index contributed by atoms with van der Waals surface area (Å²) < 4.78 is 18.5. The third-order valence-electron chi connectivity index (χ3n) is 7.89. The number of halogens is 1. The van der Waals surface area contributed by atoms with Gasteiger partial charge >= 0.3 is 0 Å². The maximum absolute atomic E-state index is 13.8. The van der Waals surface area contributed by atoms with Crippen molar-refractivity contribution in [1.29, 1.82) is 0 Å². The van der Waals surface area contributed by atoms with E-state index in [1.807, 2.05) is 54.6 Å². The van der Waals surface area contributed by atoms with E-state index in [2.05, 4.69) is 10.5 Å². The van der Waals surface area contributed by atoms with Gasteiger partial charge in [0.1, 0.15) is 17.7 Å². The molecule has 0 aliphatic carbocycles. The van der Waals surface area contributed by atoms with Crippen LogP contribution in [-0.4, -0.2) is 48.7 Å². The number of piperidine rings is 1. The Balaban J connectivity index is 1.25. The zero-order chi connectivity index (χ0) is 28.0. The minimum atomic E-state index is -0.689. The molecule has 208 valence electrons. The fraction of sp³-hybridized carbons (Fsp3) is 0.344. The van der Waals surface area contributed by atoms with Crippen molar-refractivity contribution in [2.75, 3.05) is 20.2 Å². The molecule has 0 bridgehead atoms. The minimum Gasteiger partial charge on any atom is -0.497 e. The van der Waals surface area contributed by atoms with Gasteiger partial charge in [0, 0.05) is 32.5 Å². The lowest BCUT2D eigenvalue weighted by molar-refractivity contribution is -0.142. The van der Waals surface area contributed by atoms with Crippen molar-refractivity contribution in [2.24, 2.45) is 10.6 Å². The SMILES string of the molecule is COc1ccc(CNC(=O)C2(CC3CC(c4ccccc4)=NO3)CCN(C(=O)Cc3ccc(F)cc3)CC2)cc1. The van der Waals surface area contributed by atoms with Gasteiger partial charge in [0.15, 0.2) is 0 Å². The van der Waals surface area contributed by atoms with Crippen molar-refractivity contribution in [3.8, 4) is 5.75 Å². The molecule has 8 heteroatoms. The van der Waals surface area contributed by atoms with Gasteiger partial charge in [-0.3, -0.25) is 9.59 Å². The second-order valence-corrected chi connectivity index (χ2v) is 10.5. The van der Waals surface area contributed by atoms with E-state index < -0.39 is 5.41 Å². The zero-order valence-electron chi connectivity index (χ0n) is 22.6. The quantitative estimate of drug-likeness (QED) is 0.417. The molecule has 2 aliphatic rings. The van der Waals surface area contributed by atoms with Crippen LogP contribution in [0.5, 0.6) is 5.75 Å². The number of benzene rings is 3. The fourth-order valence-corrected chi connectivity index (χ4v) is 5.48. The molecule has 0 aromatic heterocycles. The zero-order valence-corrected chi connectivity index (χ0v) is 22.6. The van der Waals surface area contributed by atoms with Crippen molar-refractivity contribution in [3.05, 3.63) is 101 Å². The Labute approximate surface area is 234 Å². The molecule has 1 unspecified atom stereocenters. The van der Waals surface area contributed by atoms with Crippen LogP contribution in [0, 0.1) is 11.2 Å². The van der Waals surface area contributed by atoms with E-state index in [-0.39, 0.29) is 30.2 Å². The Morgan fingerprint density at radius 1 is 1.00 bits per heavy atom. The molecule has 1 saturated heterocycles. The molecule has 0 saturated carbocycles. The van der Waals surface area contributed by atoms with E-state index in [0.717, 1.165) is 28.2 Å². The number of hydrogen-bond donors (Lipinski definition) is 1. The molecule has 0 spiro atoms. The van der Waals surface area contributed by atoms with E-state index in [0.29, 0.717) is 45.3 Å². The van der Waals surface area contributed by atoms with Gasteiger partial charge in [-0.1, -0.05) is 59.8 Å². The first-order valence-corrected chi connectivity index (χ1v) is 13.7. The molecule has 1 N–H and O–H groups in total. The summed E-state index contributed by atoms with van der Waals surface area (Å²) >= 11 is 0. The van der Waals surface area contributed by atoms with E-state index in [9.17, 15) is 14.0 Å². The van der Waals surface area contributed by atoms with E-state index in [1.165, 1.54) is 12.1 Å². The molecule has 7 nitrogen and oxygen atoms in total. The van der Waals surface area contributed by atoms with E-state index in [4.69, 9.17) is 9.57 Å². The van der Waals surface area contributed by atoms with Crippen molar-refractivity contribution in [2.45, 2.75) is 44.8 Å².